The fraction of sp³-hybridized carbons (Fsp3) is 0.556. The van der Waals surface area contributed by atoms with E-state index in [0.717, 1.165) is 4.47 Å². The van der Waals surface area contributed by atoms with Gasteiger partial charge < -0.3 is 5.73 Å². The monoisotopic (exact) mass is 343 g/mol. The first-order valence-electron chi connectivity index (χ1n) is 4.65. The summed E-state index contributed by atoms with van der Waals surface area (Å²) in [5, 5.41) is 2.20. The van der Waals surface area contributed by atoms with Gasteiger partial charge in [0.2, 0.25) is 0 Å². The summed E-state index contributed by atoms with van der Waals surface area (Å²) in [6.45, 7) is 0.529. The zero-order valence-electron chi connectivity index (χ0n) is 8.85. The van der Waals surface area contributed by atoms with Crippen LogP contribution in [0.1, 0.15) is 10.1 Å². The van der Waals surface area contributed by atoms with Crippen molar-refractivity contribution in [2.45, 2.75) is 5.25 Å². The number of thioether (sulfide) groups is 1. The van der Waals surface area contributed by atoms with Crippen molar-refractivity contribution in [3.8, 4) is 0 Å². The molecule has 0 radical (unpaired) electrons. The highest BCUT2D eigenvalue weighted by molar-refractivity contribution is 9.10. The van der Waals surface area contributed by atoms with Crippen LogP contribution in [0.15, 0.2) is 15.9 Å². The van der Waals surface area contributed by atoms with Crippen molar-refractivity contribution in [3.63, 3.8) is 0 Å². The van der Waals surface area contributed by atoms with Crippen molar-refractivity contribution in [1.29, 1.82) is 0 Å². The molecular formula is C9H14BrNO2S3. The van der Waals surface area contributed by atoms with Gasteiger partial charge in [-0.25, -0.2) is 8.42 Å². The molecule has 16 heavy (non-hydrogen) atoms. The Labute approximate surface area is 113 Å². The van der Waals surface area contributed by atoms with Gasteiger partial charge in [0.05, 0.1) is 11.0 Å². The molecule has 0 fully saturated rings. The van der Waals surface area contributed by atoms with E-state index in [1.807, 2.05) is 11.4 Å². The first kappa shape index (κ1) is 14.5. The van der Waals surface area contributed by atoms with Crippen LogP contribution in [-0.4, -0.2) is 32.7 Å². The third kappa shape index (κ3) is 5.18. The number of hydrogen-bond acceptors (Lipinski definition) is 5. The van der Waals surface area contributed by atoms with Crippen LogP contribution in [0.5, 0.6) is 0 Å². The molecule has 92 valence electrons. The lowest BCUT2D eigenvalue weighted by Gasteiger charge is -2.11. The van der Waals surface area contributed by atoms with Crippen LogP contribution >= 0.6 is 39.0 Å². The summed E-state index contributed by atoms with van der Waals surface area (Å²) in [4.78, 5) is 1.19. The van der Waals surface area contributed by atoms with Gasteiger partial charge in [-0.1, -0.05) is 0 Å². The summed E-state index contributed by atoms with van der Waals surface area (Å²) in [6, 6.07) is 2.04. The fourth-order valence-corrected chi connectivity index (χ4v) is 5.16. The van der Waals surface area contributed by atoms with Gasteiger partial charge in [-0.05, 0) is 22.0 Å². The van der Waals surface area contributed by atoms with Crippen LogP contribution in [0.4, 0.5) is 0 Å². The van der Waals surface area contributed by atoms with Crippen molar-refractivity contribution in [1.82, 2.24) is 0 Å². The van der Waals surface area contributed by atoms with Crippen molar-refractivity contribution < 1.29 is 8.42 Å². The number of sulfone groups is 1. The summed E-state index contributed by atoms with van der Waals surface area (Å²) < 4.78 is 23.0. The lowest BCUT2D eigenvalue weighted by atomic mass is 10.3. The Morgan fingerprint density at radius 3 is 2.75 bits per heavy atom. The lowest BCUT2D eigenvalue weighted by molar-refractivity contribution is 0.603. The minimum atomic E-state index is -2.87. The molecule has 0 aromatic carbocycles. The van der Waals surface area contributed by atoms with Crippen LogP contribution in [0.2, 0.25) is 0 Å². The standard InChI is InChI=1S/C9H14BrNO2S3/c1-16(12,13)3-2-14-9(5-11)8-4-7(10)6-15-8/h4,6,9H,2-3,5,11H2,1H3. The Bertz CT molecular complexity index is 430. The topological polar surface area (TPSA) is 60.2 Å². The molecule has 1 aromatic rings. The second-order valence-corrected chi connectivity index (χ2v) is 8.82. The molecule has 1 unspecified atom stereocenters. The highest BCUT2D eigenvalue weighted by Crippen LogP contribution is 2.33. The van der Waals surface area contributed by atoms with Crippen LogP contribution in [0, 0.1) is 0 Å². The maximum Gasteiger partial charge on any atom is 0.148 e. The zero-order valence-corrected chi connectivity index (χ0v) is 12.9. The SMILES string of the molecule is CS(=O)(=O)CCSC(CN)c1cc(Br)cs1. The Hall–Kier alpha value is 0.440. The predicted octanol–water partition coefficient (Wildman–Crippen LogP) is 2.29. The lowest BCUT2D eigenvalue weighted by Crippen LogP contribution is -2.11. The molecule has 3 nitrogen and oxygen atoms in total. The number of hydrogen-bond donors (Lipinski definition) is 1. The highest BCUT2D eigenvalue weighted by atomic mass is 79.9. The molecule has 0 amide bonds. The molecule has 7 heteroatoms. The van der Waals surface area contributed by atoms with Crippen LogP contribution in [-0.2, 0) is 9.84 Å². The molecule has 0 aliphatic heterocycles. The van der Waals surface area contributed by atoms with Crippen molar-refractivity contribution in [2.24, 2.45) is 5.73 Å². The molecular weight excluding hydrogens is 330 g/mol. The Kier molecular flexibility index (Phi) is 5.79. The largest absolute Gasteiger partial charge is 0.329 e. The van der Waals surface area contributed by atoms with Crippen LogP contribution in [0.25, 0.3) is 0 Å². The average Bonchev–Trinajstić information content (AvgIpc) is 2.58. The Morgan fingerprint density at radius 2 is 2.31 bits per heavy atom. The van der Waals surface area contributed by atoms with E-state index in [1.165, 1.54) is 11.1 Å². The number of nitrogens with two attached hydrogens (primary N) is 1. The third-order valence-electron chi connectivity index (χ3n) is 1.89. The normalized spacial score (nSPS) is 13.9. The molecule has 0 aliphatic carbocycles. The van der Waals surface area contributed by atoms with Gasteiger partial charge >= 0.3 is 0 Å². The average molecular weight is 344 g/mol. The molecule has 0 saturated heterocycles. The zero-order chi connectivity index (χ0) is 12.2. The quantitative estimate of drug-likeness (QED) is 0.860. The molecule has 1 aromatic heterocycles. The Morgan fingerprint density at radius 1 is 1.62 bits per heavy atom. The van der Waals surface area contributed by atoms with E-state index in [2.05, 4.69) is 15.9 Å². The molecule has 1 rings (SSSR count). The van der Waals surface area contributed by atoms with E-state index in [9.17, 15) is 8.42 Å². The molecule has 0 aliphatic rings. The molecule has 0 bridgehead atoms. The van der Waals surface area contributed by atoms with Gasteiger partial charge in [0, 0.05) is 33.3 Å². The van der Waals surface area contributed by atoms with E-state index in [-0.39, 0.29) is 11.0 Å². The maximum atomic E-state index is 11.0. The van der Waals surface area contributed by atoms with Crippen molar-refractivity contribution in [2.75, 3.05) is 24.3 Å². The van der Waals surface area contributed by atoms with E-state index in [1.54, 1.807) is 23.1 Å². The van der Waals surface area contributed by atoms with E-state index in [4.69, 9.17) is 5.73 Å². The fourth-order valence-electron chi connectivity index (χ4n) is 1.11. The number of thiophene rings is 1. The minimum absolute atomic E-state index is 0.193. The second-order valence-electron chi connectivity index (χ2n) is 3.39. The summed E-state index contributed by atoms with van der Waals surface area (Å²) in [7, 11) is -2.87. The van der Waals surface area contributed by atoms with Crippen molar-refractivity contribution in [3.05, 3.63) is 20.8 Å². The summed E-state index contributed by atoms with van der Waals surface area (Å²) in [5.74, 6) is 0.803. The van der Waals surface area contributed by atoms with E-state index >= 15 is 0 Å². The maximum absolute atomic E-state index is 11.0. The van der Waals surface area contributed by atoms with Crippen LogP contribution < -0.4 is 5.73 Å². The van der Waals surface area contributed by atoms with Gasteiger partial charge in [0.15, 0.2) is 0 Å². The molecule has 1 atom stereocenters. The van der Waals surface area contributed by atoms with Gasteiger partial charge in [-0.15, -0.1) is 11.3 Å². The molecule has 0 saturated carbocycles. The Balaban J connectivity index is 2.50. The number of halogens is 1. The first-order valence-corrected chi connectivity index (χ1v) is 9.44. The van der Waals surface area contributed by atoms with E-state index in [0.29, 0.717) is 12.3 Å². The molecule has 2 N–H and O–H groups in total. The van der Waals surface area contributed by atoms with Crippen LogP contribution in [0.3, 0.4) is 0 Å². The third-order valence-corrected chi connectivity index (χ3v) is 6.34. The first-order chi connectivity index (χ1) is 7.42. The minimum Gasteiger partial charge on any atom is -0.329 e. The highest BCUT2D eigenvalue weighted by Gasteiger charge is 2.13. The van der Waals surface area contributed by atoms with E-state index < -0.39 is 9.84 Å². The molecule has 1 heterocycles. The summed E-state index contributed by atoms with van der Waals surface area (Å²) >= 11 is 6.64. The second kappa shape index (κ2) is 6.39. The summed E-state index contributed by atoms with van der Waals surface area (Å²) in [5.41, 5.74) is 5.68. The van der Waals surface area contributed by atoms with Gasteiger partial charge in [0.25, 0.3) is 0 Å². The molecule has 0 spiro atoms. The smallest absolute Gasteiger partial charge is 0.148 e. The van der Waals surface area contributed by atoms with Gasteiger partial charge in [0.1, 0.15) is 9.84 Å². The van der Waals surface area contributed by atoms with Gasteiger partial charge in [-0.2, -0.15) is 11.8 Å². The number of rotatable bonds is 6. The predicted molar refractivity (Wildman–Crippen MR) is 76.0 cm³/mol. The summed E-state index contributed by atoms with van der Waals surface area (Å²) in [6.07, 6.45) is 1.26. The van der Waals surface area contributed by atoms with Gasteiger partial charge in [-0.3, -0.25) is 0 Å². The van der Waals surface area contributed by atoms with Crippen molar-refractivity contribution >= 4 is 48.9 Å².